The molecule has 0 radical (unpaired) electrons. The van der Waals surface area contributed by atoms with Gasteiger partial charge < -0.3 is 10.5 Å². The first-order valence-electron chi connectivity index (χ1n) is 2.85. The molecule has 2 N–H and O–H groups in total. The Labute approximate surface area is 60.9 Å². The summed E-state index contributed by atoms with van der Waals surface area (Å²) >= 11 is 0. The van der Waals surface area contributed by atoms with Crippen LogP contribution in [0.25, 0.3) is 0 Å². The average Bonchev–Trinajstić information content (AvgIpc) is 1.87. The molecule has 0 aliphatic rings. The molecule has 0 aliphatic carbocycles. The van der Waals surface area contributed by atoms with Gasteiger partial charge in [-0.1, -0.05) is 6.58 Å². The van der Waals surface area contributed by atoms with Crippen molar-refractivity contribution in [2.75, 3.05) is 7.11 Å². The van der Waals surface area contributed by atoms with Crippen LogP contribution in [0.15, 0.2) is 29.2 Å². The number of methoxy groups -OCH3 is 1. The van der Waals surface area contributed by atoms with Crippen LogP contribution in [0.3, 0.4) is 0 Å². The number of aliphatic imine (C=N–C) groups is 1. The SMILES string of the molecule is C=C(C=N/C=C(\C)N)OC. The highest BCUT2D eigenvalue weighted by Crippen LogP contribution is 1.86. The summed E-state index contributed by atoms with van der Waals surface area (Å²) in [6.45, 7) is 5.29. The zero-order valence-corrected chi connectivity index (χ0v) is 6.29. The molecule has 0 fully saturated rings. The first kappa shape index (κ1) is 8.75. The molecule has 56 valence electrons. The molecule has 0 aliphatic heterocycles. The zero-order valence-electron chi connectivity index (χ0n) is 6.29. The van der Waals surface area contributed by atoms with Crippen molar-refractivity contribution in [3.63, 3.8) is 0 Å². The second-order valence-electron chi connectivity index (χ2n) is 1.82. The number of rotatable bonds is 3. The lowest BCUT2D eigenvalue weighted by Gasteiger charge is -1.92. The van der Waals surface area contributed by atoms with Crippen molar-refractivity contribution < 1.29 is 4.74 Å². The number of nitrogens with two attached hydrogens (primary N) is 1. The topological polar surface area (TPSA) is 47.6 Å². The molecule has 3 heteroatoms. The van der Waals surface area contributed by atoms with E-state index in [1.807, 2.05) is 0 Å². The van der Waals surface area contributed by atoms with Crippen LogP contribution in [0.2, 0.25) is 0 Å². The normalized spacial score (nSPS) is 12.0. The van der Waals surface area contributed by atoms with Crippen molar-refractivity contribution in [3.8, 4) is 0 Å². The summed E-state index contributed by atoms with van der Waals surface area (Å²) in [7, 11) is 1.54. The molecular weight excluding hydrogens is 128 g/mol. The average molecular weight is 140 g/mol. The molecule has 0 spiro atoms. The van der Waals surface area contributed by atoms with E-state index in [0.29, 0.717) is 11.5 Å². The van der Waals surface area contributed by atoms with Crippen LogP contribution in [0.1, 0.15) is 6.92 Å². The molecule has 0 amide bonds. The highest BCUT2D eigenvalue weighted by molar-refractivity contribution is 5.75. The van der Waals surface area contributed by atoms with Crippen LogP contribution in [0.4, 0.5) is 0 Å². The fraction of sp³-hybridized carbons (Fsp3) is 0.286. The maximum absolute atomic E-state index is 5.30. The molecular formula is C7H12N2O. The van der Waals surface area contributed by atoms with Gasteiger partial charge in [-0.3, -0.25) is 4.99 Å². The van der Waals surface area contributed by atoms with Crippen molar-refractivity contribution in [2.24, 2.45) is 10.7 Å². The number of hydrogen-bond acceptors (Lipinski definition) is 3. The number of ether oxygens (including phenoxy) is 1. The second-order valence-corrected chi connectivity index (χ2v) is 1.82. The summed E-state index contributed by atoms with van der Waals surface area (Å²) in [6, 6.07) is 0. The van der Waals surface area contributed by atoms with Crippen molar-refractivity contribution >= 4 is 6.21 Å². The molecule has 3 nitrogen and oxygen atoms in total. The quantitative estimate of drug-likeness (QED) is 0.470. The van der Waals surface area contributed by atoms with Gasteiger partial charge in [-0.25, -0.2) is 0 Å². The number of hydrogen-bond donors (Lipinski definition) is 1. The van der Waals surface area contributed by atoms with E-state index in [1.165, 1.54) is 19.5 Å². The second kappa shape index (κ2) is 4.61. The Kier molecular flexibility index (Phi) is 4.04. The van der Waals surface area contributed by atoms with Gasteiger partial charge >= 0.3 is 0 Å². The van der Waals surface area contributed by atoms with E-state index in [-0.39, 0.29) is 0 Å². The van der Waals surface area contributed by atoms with Crippen molar-refractivity contribution in [2.45, 2.75) is 6.92 Å². The summed E-state index contributed by atoms with van der Waals surface area (Å²) in [5.41, 5.74) is 5.95. The lowest BCUT2D eigenvalue weighted by atomic mass is 10.5. The van der Waals surface area contributed by atoms with E-state index in [9.17, 15) is 0 Å². The molecule has 0 bridgehead atoms. The standard InChI is InChI=1S/C7H12N2O/c1-6(8)4-9-5-7(2)10-3/h4-5H,2,8H2,1,3H3/b6-4+,9-5?. The van der Waals surface area contributed by atoms with Crippen LogP contribution < -0.4 is 5.73 Å². The predicted octanol–water partition coefficient (Wildman–Crippen LogP) is 1.04. The summed E-state index contributed by atoms with van der Waals surface area (Å²) in [6.07, 6.45) is 3.03. The molecule has 0 heterocycles. The lowest BCUT2D eigenvalue weighted by molar-refractivity contribution is 0.319. The third kappa shape index (κ3) is 4.90. The van der Waals surface area contributed by atoms with Gasteiger partial charge in [0.15, 0.2) is 0 Å². The van der Waals surface area contributed by atoms with Crippen molar-refractivity contribution in [1.29, 1.82) is 0 Å². The van der Waals surface area contributed by atoms with Crippen molar-refractivity contribution in [1.82, 2.24) is 0 Å². The molecule has 0 saturated carbocycles. The van der Waals surface area contributed by atoms with Crippen LogP contribution in [0.5, 0.6) is 0 Å². The Hall–Kier alpha value is -1.25. The predicted molar refractivity (Wildman–Crippen MR) is 42.6 cm³/mol. The van der Waals surface area contributed by atoms with Crippen LogP contribution in [-0.2, 0) is 4.74 Å². The lowest BCUT2D eigenvalue weighted by Crippen LogP contribution is -1.89. The van der Waals surface area contributed by atoms with Gasteiger partial charge in [0.1, 0.15) is 5.76 Å². The Morgan fingerprint density at radius 2 is 2.30 bits per heavy atom. The van der Waals surface area contributed by atoms with Gasteiger partial charge in [0, 0.05) is 11.9 Å². The van der Waals surface area contributed by atoms with E-state index in [0.717, 1.165) is 0 Å². The summed E-state index contributed by atoms with van der Waals surface area (Å²) in [5, 5.41) is 0. The van der Waals surface area contributed by atoms with Gasteiger partial charge in [-0.15, -0.1) is 0 Å². The number of nitrogens with zero attached hydrogens (tertiary/aromatic N) is 1. The minimum Gasteiger partial charge on any atom is -0.496 e. The summed E-state index contributed by atoms with van der Waals surface area (Å²) in [4.78, 5) is 3.81. The van der Waals surface area contributed by atoms with Gasteiger partial charge in [-0.05, 0) is 6.92 Å². The minimum absolute atomic E-state index is 0.512. The van der Waals surface area contributed by atoms with E-state index >= 15 is 0 Å². The van der Waals surface area contributed by atoms with E-state index < -0.39 is 0 Å². The summed E-state index contributed by atoms with van der Waals surface area (Å²) < 4.78 is 4.72. The van der Waals surface area contributed by atoms with Crippen LogP contribution >= 0.6 is 0 Å². The number of allylic oxidation sites excluding steroid dienone is 2. The van der Waals surface area contributed by atoms with Gasteiger partial charge in [0.05, 0.1) is 13.3 Å². The fourth-order valence-corrected chi connectivity index (χ4v) is 0.291. The first-order valence-corrected chi connectivity index (χ1v) is 2.85. The van der Waals surface area contributed by atoms with E-state index in [1.54, 1.807) is 6.92 Å². The third-order valence-electron chi connectivity index (χ3n) is 0.759. The molecule has 0 rings (SSSR count). The molecule has 10 heavy (non-hydrogen) atoms. The minimum atomic E-state index is 0.512. The smallest absolute Gasteiger partial charge is 0.129 e. The Morgan fingerprint density at radius 3 is 2.70 bits per heavy atom. The highest BCUT2D eigenvalue weighted by Gasteiger charge is 1.79. The first-order chi connectivity index (χ1) is 4.66. The fourth-order valence-electron chi connectivity index (χ4n) is 0.291. The van der Waals surface area contributed by atoms with Gasteiger partial charge in [0.2, 0.25) is 0 Å². The van der Waals surface area contributed by atoms with Gasteiger partial charge in [0.25, 0.3) is 0 Å². The highest BCUT2D eigenvalue weighted by atomic mass is 16.5. The Balaban J connectivity index is 3.77. The van der Waals surface area contributed by atoms with E-state index in [2.05, 4.69) is 11.6 Å². The van der Waals surface area contributed by atoms with Crippen molar-refractivity contribution in [3.05, 3.63) is 24.2 Å². The van der Waals surface area contributed by atoms with Crippen LogP contribution in [0, 0.1) is 0 Å². The maximum Gasteiger partial charge on any atom is 0.129 e. The maximum atomic E-state index is 5.30. The van der Waals surface area contributed by atoms with Crippen LogP contribution in [-0.4, -0.2) is 13.3 Å². The molecule has 0 saturated heterocycles. The summed E-state index contributed by atoms with van der Waals surface area (Å²) in [5.74, 6) is 0.512. The molecule has 0 aromatic rings. The monoisotopic (exact) mass is 140 g/mol. The Bertz CT molecular complexity index is 166. The molecule has 0 atom stereocenters. The molecule has 0 unspecified atom stereocenters. The zero-order chi connectivity index (χ0) is 7.98. The largest absolute Gasteiger partial charge is 0.496 e. The molecule has 0 aromatic carbocycles. The molecule has 0 aromatic heterocycles. The third-order valence-corrected chi connectivity index (χ3v) is 0.759. The Morgan fingerprint density at radius 1 is 1.70 bits per heavy atom. The van der Waals surface area contributed by atoms with Gasteiger partial charge in [-0.2, -0.15) is 0 Å². The van der Waals surface area contributed by atoms with E-state index in [4.69, 9.17) is 10.5 Å².